The van der Waals surface area contributed by atoms with Crippen molar-refractivity contribution in [2.24, 2.45) is 11.7 Å². The van der Waals surface area contributed by atoms with E-state index in [1.807, 2.05) is 0 Å². The maximum Gasteiger partial charge on any atom is 0.0505 e. The lowest BCUT2D eigenvalue weighted by atomic mass is 9.85. The van der Waals surface area contributed by atoms with Crippen molar-refractivity contribution in [1.29, 1.82) is 0 Å². The second kappa shape index (κ2) is 3.55. The Labute approximate surface area is 69.1 Å². The summed E-state index contributed by atoms with van der Waals surface area (Å²) < 4.78 is 5.10. The van der Waals surface area contributed by atoms with Crippen molar-refractivity contribution in [2.75, 3.05) is 13.7 Å². The summed E-state index contributed by atoms with van der Waals surface area (Å²) in [7, 11) is 1.74. The summed E-state index contributed by atoms with van der Waals surface area (Å²) in [5.74, 6) is 0.509. The summed E-state index contributed by atoms with van der Waals surface area (Å²) in [6, 6.07) is 0. The summed E-state index contributed by atoms with van der Waals surface area (Å²) in [4.78, 5) is 0. The van der Waals surface area contributed by atoms with Crippen LogP contribution in [0.1, 0.15) is 32.6 Å². The number of ether oxygens (including phenoxy) is 1. The van der Waals surface area contributed by atoms with E-state index in [-0.39, 0.29) is 5.54 Å². The molecule has 0 amide bonds. The molecular weight excluding hydrogens is 138 g/mol. The largest absolute Gasteiger partial charge is 0.384 e. The van der Waals surface area contributed by atoms with E-state index in [0.29, 0.717) is 5.92 Å². The fraction of sp³-hybridized carbons (Fsp3) is 1.00. The van der Waals surface area contributed by atoms with E-state index in [1.165, 1.54) is 25.7 Å². The van der Waals surface area contributed by atoms with Crippen LogP contribution < -0.4 is 5.73 Å². The Morgan fingerprint density at radius 3 is 2.45 bits per heavy atom. The molecule has 1 aliphatic carbocycles. The molecular formula is C9H19NO. The lowest BCUT2D eigenvalue weighted by Gasteiger charge is -2.30. The number of nitrogens with two attached hydrogens (primary N) is 1. The minimum atomic E-state index is 0.0794. The third-order valence-electron chi connectivity index (χ3n) is 2.93. The molecule has 0 aliphatic heterocycles. The molecule has 0 spiro atoms. The van der Waals surface area contributed by atoms with E-state index >= 15 is 0 Å². The molecule has 1 fully saturated rings. The van der Waals surface area contributed by atoms with E-state index < -0.39 is 0 Å². The van der Waals surface area contributed by atoms with Gasteiger partial charge in [0.05, 0.1) is 6.61 Å². The zero-order valence-electron chi connectivity index (χ0n) is 7.60. The van der Waals surface area contributed by atoms with Gasteiger partial charge in [-0.05, 0) is 18.8 Å². The molecule has 0 bridgehead atoms. The molecule has 2 N–H and O–H groups in total. The predicted molar refractivity (Wildman–Crippen MR) is 46.4 cm³/mol. The van der Waals surface area contributed by atoms with E-state index in [4.69, 9.17) is 10.5 Å². The van der Waals surface area contributed by atoms with Crippen molar-refractivity contribution in [3.63, 3.8) is 0 Å². The summed E-state index contributed by atoms with van der Waals surface area (Å²) in [5, 5.41) is 0. The van der Waals surface area contributed by atoms with E-state index in [2.05, 4.69) is 6.92 Å². The molecule has 1 aliphatic rings. The molecule has 66 valence electrons. The Kier molecular flexibility index (Phi) is 2.90. The smallest absolute Gasteiger partial charge is 0.0505 e. The normalized spacial score (nSPS) is 25.4. The van der Waals surface area contributed by atoms with Crippen molar-refractivity contribution >= 4 is 0 Å². The van der Waals surface area contributed by atoms with Gasteiger partial charge in [0, 0.05) is 12.6 Å². The van der Waals surface area contributed by atoms with Gasteiger partial charge < -0.3 is 10.5 Å². The van der Waals surface area contributed by atoms with Crippen LogP contribution in [0.3, 0.4) is 0 Å². The average Bonchev–Trinajstić information content (AvgIpc) is 2.38. The van der Waals surface area contributed by atoms with Crippen LogP contribution in [0.5, 0.6) is 0 Å². The van der Waals surface area contributed by atoms with Gasteiger partial charge in [-0.1, -0.05) is 19.8 Å². The fourth-order valence-corrected chi connectivity index (χ4v) is 1.94. The molecule has 2 heteroatoms. The Bertz CT molecular complexity index is 119. The Hall–Kier alpha value is -0.0800. The standard InChI is InChI=1S/C9H19NO/c1-8(7-11-2)9(10)5-3-4-6-9/h8H,3-7,10H2,1-2H3. The van der Waals surface area contributed by atoms with Gasteiger partial charge in [0.25, 0.3) is 0 Å². The van der Waals surface area contributed by atoms with Gasteiger partial charge in [-0.2, -0.15) is 0 Å². The molecule has 0 aromatic heterocycles. The van der Waals surface area contributed by atoms with Crippen molar-refractivity contribution < 1.29 is 4.74 Å². The first-order valence-electron chi connectivity index (χ1n) is 4.47. The Morgan fingerprint density at radius 2 is 2.00 bits per heavy atom. The molecule has 0 radical (unpaired) electrons. The van der Waals surface area contributed by atoms with Crippen LogP contribution >= 0.6 is 0 Å². The zero-order chi connectivity index (χ0) is 8.32. The van der Waals surface area contributed by atoms with Gasteiger partial charge in [0.1, 0.15) is 0 Å². The zero-order valence-corrected chi connectivity index (χ0v) is 7.60. The number of rotatable bonds is 3. The van der Waals surface area contributed by atoms with Crippen molar-refractivity contribution in [3.8, 4) is 0 Å². The van der Waals surface area contributed by atoms with Gasteiger partial charge >= 0.3 is 0 Å². The third kappa shape index (κ3) is 1.94. The van der Waals surface area contributed by atoms with Crippen LogP contribution in [0.2, 0.25) is 0 Å². The second-order valence-electron chi connectivity index (χ2n) is 3.80. The van der Waals surface area contributed by atoms with Crippen LogP contribution in [0.15, 0.2) is 0 Å². The van der Waals surface area contributed by atoms with Crippen molar-refractivity contribution in [2.45, 2.75) is 38.1 Å². The average molecular weight is 157 g/mol. The lowest BCUT2D eigenvalue weighted by molar-refractivity contribution is 0.117. The van der Waals surface area contributed by atoms with Gasteiger partial charge in [0.15, 0.2) is 0 Å². The van der Waals surface area contributed by atoms with Crippen LogP contribution in [0, 0.1) is 5.92 Å². The van der Waals surface area contributed by atoms with Crippen LogP contribution in [-0.4, -0.2) is 19.3 Å². The van der Waals surface area contributed by atoms with Crippen LogP contribution in [0.25, 0.3) is 0 Å². The van der Waals surface area contributed by atoms with Crippen LogP contribution in [-0.2, 0) is 4.74 Å². The summed E-state index contributed by atoms with van der Waals surface area (Å²) in [6.07, 6.45) is 4.95. The van der Waals surface area contributed by atoms with Gasteiger partial charge in [0.2, 0.25) is 0 Å². The molecule has 1 unspecified atom stereocenters. The molecule has 0 aromatic carbocycles. The number of methoxy groups -OCH3 is 1. The Morgan fingerprint density at radius 1 is 1.45 bits per heavy atom. The molecule has 0 aromatic rings. The topological polar surface area (TPSA) is 35.2 Å². The van der Waals surface area contributed by atoms with E-state index in [1.54, 1.807) is 7.11 Å². The summed E-state index contributed by atoms with van der Waals surface area (Å²) in [6.45, 7) is 2.99. The molecule has 1 rings (SSSR count). The third-order valence-corrected chi connectivity index (χ3v) is 2.93. The quantitative estimate of drug-likeness (QED) is 0.674. The van der Waals surface area contributed by atoms with E-state index in [0.717, 1.165) is 6.61 Å². The number of hydrogen-bond donors (Lipinski definition) is 1. The maximum absolute atomic E-state index is 6.21. The molecule has 1 saturated carbocycles. The second-order valence-corrected chi connectivity index (χ2v) is 3.80. The molecule has 0 saturated heterocycles. The SMILES string of the molecule is COCC(C)C1(N)CCCC1. The van der Waals surface area contributed by atoms with Crippen LogP contribution in [0.4, 0.5) is 0 Å². The van der Waals surface area contributed by atoms with Gasteiger partial charge in [-0.15, -0.1) is 0 Å². The highest BCUT2D eigenvalue weighted by molar-refractivity contribution is 4.93. The fourth-order valence-electron chi connectivity index (χ4n) is 1.94. The first kappa shape index (κ1) is 9.01. The monoisotopic (exact) mass is 157 g/mol. The molecule has 11 heavy (non-hydrogen) atoms. The first-order valence-corrected chi connectivity index (χ1v) is 4.47. The highest BCUT2D eigenvalue weighted by Crippen LogP contribution is 2.33. The van der Waals surface area contributed by atoms with Crippen molar-refractivity contribution in [1.82, 2.24) is 0 Å². The highest BCUT2D eigenvalue weighted by Gasteiger charge is 2.34. The summed E-state index contributed by atoms with van der Waals surface area (Å²) >= 11 is 0. The Balaban J connectivity index is 2.42. The van der Waals surface area contributed by atoms with Gasteiger partial charge in [-0.3, -0.25) is 0 Å². The lowest BCUT2D eigenvalue weighted by Crippen LogP contribution is -2.44. The van der Waals surface area contributed by atoms with E-state index in [9.17, 15) is 0 Å². The highest BCUT2D eigenvalue weighted by atomic mass is 16.5. The maximum atomic E-state index is 6.21. The van der Waals surface area contributed by atoms with Crippen molar-refractivity contribution in [3.05, 3.63) is 0 Å². The number of hydrogen-bond acceptors (Lipinski definition) is 2. The predicted octanol–water partition coefficient (Wildman–Crippen LogP) is 1.54. The minimum absolute atomic E-state index is 0.0794. The summed E-state index contributed by atoms with van der Waals surface area (Å²) in [5.41, 5.74) is 6.29. The molecule has 2 nitrogen and oxygen atoms in total. The molecule has 1 atom stereocenters. The molecule has 0 heterocycles. The van der Waals surface area contributed by atoms with Gasteiger partial charge in [-0.25, -0.2) is 0 Å². The minimum Gasteiger partial charge on any atom is -0.384 e. The first-order chi connectivity index (χ1) is 5.19.